The smallest absolute Gasteiger partial charge is 0.319 e. The van der Waals surface area contributed by atoms with Crippen molar-refractivity contribution in [3.63, 3.8) is 0 Å². The van der Waals surface area contributed by atoms with Gasteiger partial charge in [-0.2, -0.15) is 0 Å². The molecule has 2 aliphatic heterocycles. The van der Waals surface area contributed by atoms with Crippen LogP contribution in [0.2, 0.25) is 0 Å². The lowest BCUT2D eigenvalue weighted by atomic mass is 10.3. The van der Waals surface area contributed by atoms with Crippen LogP contribution in [0.1, 0.15) is 19.8 Å². The van der Waals surface area contributed by atoms with E-state index in [0.29, 0.717) is 6.54 Å². The molecule has 25 heavy (non-hydrogen) atoms. The molecule has 0 bridgehead atoms. The summed E-state index contributed by atoms with van der Waals surface area (Å²) in [6, 6.07) is 3.63. The third-order valence-electron chi connectivity index (χ3n) is 5.07. The third-order valence-corrected chi connectivity index (χ3v) is 5.07. The summed E-state index contributed by atoms with van der Waals surface area (Å²) >= 11 is 0. The van der Waals surface area contributed by atoms with Gasteiger partial charge in [0.15, 0.2) is 5.82 Å². The highest BCUT2D eigenvalue weighted by molar-refractivity contribution is 5.92. The van der Waals surface area contributed by atoms with Gasteiger partial charge in [0.1, 0.15) is 0 Å². The number of nitrogens with one attached hydrogen (secondary N) is 2. The normalized spacial score (nSPS) is 19.2. The number of rotatable bonds is 6. The van der Waals surface area contributed by atoms with Crippen LogP contribution in [0.4, 0.5) is 16.3 Å². The standard InChI is InChI=1S/C18H30N6O/c1-2-22-12-14-23(15-13-22)11-8-20-18(25)21-16-6-5-7-19-17(16)24-9-3-4-10-24/h5-7H,2-4,8-15H2,1H3,(H2,20,21,25). The predicted molar refractivity (Wildman–Crippen MR) is 101 cm³/mol. The topological polar surface area (TPSA) is 63.7 Å². The van der Waals surface area contributed by atoms with Crippen LogP contribution in [0.5, 0.6) is 0 Å². The molecule has 3 heterocycles. The lowest BCUT2D eigenvalue weighted by molar-refractivity contribution is 0.138. The quantitative estimate of drug-likeness (QED) is 0.816. The molecule has 0 unspecified atom stereocenters. The summed E-state index contributed by atoms with van der Waals surface area (Å²) in [5.74, 6) is 0.880. The summed E-state index contributed by atoms with van der Waals surface area (Å²) < 4.78 is 0. The first-order chi connectivity index (χ1) is 12.3. The Morgan fingerprint density at radius 2 is 1.84 bits per heavy atom. The van der Waals surface area contributed by atoms with Gasteiger partial charge in [-0.1, -0.05) is 6.92 Å². The predicted octanol–water partition coefficient (Wildman–Crippen LogP) is 1.44. The van der Waals surface area contributed by atoms with Gasteiger partial charge in [0, 0.05) is 58.6 Å². The van der Waals surface area contributed by atoms with Gasteiger partial charge in [0.2, 0.25) is 0 Å². The second-order valence-corrected chi connectivity index (χ2v) is 6.73. The molecule has 0 aliphatic carbocycles. The van der Waals surface area contributed by atoms with Crippen molar-refractivity contribution >= 4 is 17.5 Å². The van der Waals surface area contributed by atoms with Crippen LogP contribution in [-0.2, 0) is 0 Å². The zero-order valence-corrected chi connectivity index (χ0v) is 15.2. The summed E-state index contributed by atoms with van der Waals surface area (Å²) in [7, 11) is 0. The number of nitrogens with zero attached hydrogens (tertiary/aromatic N) is 4. The first kappa shape index (κ1) is 17.9. The van der Waals surface area contributed by atoms with Gasteiger partial charge in [-0.15, -0.1) is 0 Å². The Morgan fingerprint density at radius 3 is 2.56 bits per heavy atom. The molecule has 0 aromatic carbocycles. The van der Waals surface area contributed by atoms with E-state index in [0.717, 1.165) is 63.9 Å². The van der Waals surface area contributed by atoms with E-state index in [1.54, 1.807) is 6.20 Å². The molecule has 3 rings (SSSR count). The fraction of sp³-hybridized carbons (Fsp3) is 0.667. The Bertz CT molecular complexity index is 552. The summed E-state index contributed by atoms with van der Waals surface area (Å²) in [4.78, 5) is 23.8. The first-order valence-corrected chi connectivity index (χ1v) is 9.46. The molecule has 0 saturated carbocycles. The van der Waals surface area contributed by atoms with Crippen LogP contribution in [0.3, 0.4) is 0 Å². The number of anilines is 2. The Morgan fingerprint density at radius 1 is 1.12 bits per heavy atom. The highest BCUT2D eigenvalue weighted by atomic mass is 16.2. The van der Waals surface area contributed by atoms with E-state index in [9.17, 15) is 4.79 Å². The number of hydrogen-bond acceptors (Lipinski definition) is 5. The number of carbonyl (C=O) groups is 1. The molecule has 2 amide bonds. The largest absolute Gasteiger partial charge is 0.355 e. The average Bonchev–Trinajstić information content (AvgIpc) is 3.17. The van der Waals surface area contributed by atoms with Crippen LogP contribution < -0.4 is 15.5 Å². The summed E-state index contributed by atoms with van der Waals surface area (Å²) in [5, 5.41) is 5.93. The van der Waals surface area contributed by atoms with Crippen LogP contribution in [0.15, 0.2) is 18.3 Å². The van der Waals surface area contributed by atoms with E-state index < -0.39 is 0 Å². The van der Waals surface area contributed by atoms with Gasteiger partial charge in [-0.25, -0.2) is 9.78 Å². The maximum atomic E-state index is 12.2. The van der Waals surface area contributed by atoms with Crippen LogP contribution in [-0.4, -0.2) is 79.7 Å². The van der Waals surface area contributed by atoms with E-state index in [1.165, 1.54) is 12.8 Å². The van der Waals surface area contributed by atoms with E-state index in [-0.39, 0.29) is 6.03 Å². The molecular weight excluding hydrogens is 316 g/mol. The van der Waals surface area contributed by atoms with Crippen LogP contribution in [0, 0.1) is 0 Å². The van der Waals surface area contributed by atoms with Crippen molar-refractivity contribution in [2.24, 2.45) is 0 Å². The molecular formula is C18H30N6O. The second kappa shape index (κ2) is 9.01. The second-order valence-electron chi connectivity index (χ2n) is 6.73. The zero-order chi connectivity index (χ0) is 17.5. The Hall–Kier alpha value is -1.86. The molecule has 138 valence electrons. The fourth-order valence-electron chi connectivity index (χ4n) is 3.50. The molecule has 0 radical (unpaired) electrons. The van der Waals surface area contributed by atoms with E-state index >= 15 is 0 Å². The minimum absolute atomic E-state index is 0.152. The van der Waals surface area contributed by atoms with Crippen LogP contribution >= 0.6 is 0 Å². The highest BCUT2D eigenvalue weighted by Gasteiger charge is 2.18. The number of piperazine rings is 1. The molecule has 2 aliphatic rings. The fourth-order valence-corrected chi connectivity index (χ4v) is 3.50. The van der Waals surface area contributed by atoms with Crippen molar-refractivity contribution in [2.75, 3.05) is 69.1 Å². The maximum Gasteiger partial charge on any atom is 0.319 e. The van der Waals surface area contributed by atoms with Crippen molar-refractivity contribution in [2.45, 2.75) is 19.8 Å². The van der Waals surface area contributed by atoms with Gasteiger partial charge in [0.05, 0.1) is 5.69 Å². The zero-order valence-electron chi connectivity index (χ0n) is 15.2. The summed E-state index contributed by atoms with van der Waals surface area (Å²) in [5.41, 5.74) is 0.790. The number of carbonyl (C=O) groups excluding carboxylic acids is 1. The van der Waals surface area contributed by atoms with Gasteiger partial charge in [0.25, 0.3) is 0 Å². The molecule has 7 heteroatoms. The SMILES string of the molecule is CCN1CCN(CCNC(=O)Nc2cccnc2N2CCCC2)CC1. The summed E-state index contributed by atoms with van der Waals surface area (Å²) in [6.45, 7) is 11.3. The van der Waals surface area contributed by atoms with Crippen molar-refractivity contribution in [3.05, 3.63) is 18.3 Å². The first-order valence-electron chi connectivity index (χ1n) is 9.46. The number of amides is 2. The number of urea groups is 1. The number of pyridine rings is 1. The van der Waals surface area contributed by atoms with Crippen LogP contribution in [0.25, 0.3) is 0 Å². The third kappa shape index (κ3) is 5.06. The minimum Gasteiger partial charge on any atom is -0.355 e. The van der Waals surface area contributed by atoms with E-state index in [2.05, 4.69) is 37.2 Å². The molecule has 2 fully saturated rings. The van der Waals surface area contributed by atoms with Crippen molar-refractivity contribution in [1.82, 2.24) is 20.1 Å². The van der Waals surface area contributed by atoms with Gasteiger partial charge in [-0.05, 0) is 31.5 Å². The Kier molecular flexibility index (Phi) is 6.47. The van der Waals surface area contributed by atoms with Gasteiger partial charge >= 0.3 is 6.03 Å². The maximum absolute atomic E-state index is 12.2. The van der Waals surface area contributed by atoms with Gasteiger partial charge in [-0.3, -0.25) is 4.90 Å². The molecule has 0 spiro atoms. The lowest BCUT2D eigenvalue weighted by Crippen LogP contribution is -2.48. The lowest BCUT2D eigenvalue weighted by Gasteiger charge is -2.33. The summed E-state index contributed by atoms with van der Waals surface area (Å²) in [6.07, 6.45) is 4.16. The Labute approximate surface area is 150 Å². The van der Waals surface area contributed by atoms with E-state index in [1.807, 2.05) is 12.1 Å². The number of hydrogen-bond donors (Lipinski definition) is 2. The minimum atomic E-state index is -0.152. The number of aromatic nitrogens is 1. The Balaban J connectivity index is 1.42. The van der Waals surface area contributed by atoms with Gasteiger partial charge < -0.3 is 20.4 Å². The molecule has 2 saturated heterocycles. The molecule has 1 aromatic rings. The molecule has 0 atom stereocenters. The highest BCUT2D eigenvalue weighted by Crippen LogP contribution is 2.25. The number of likely N-dealkylation sites (N-methyl/N-ethyl adjacent to an activating group) is 1. The monoisotopic (exact) mass is 346 g/mol. The van der Waals surface area contributed by atoms with Crippen molar-refractivity contribution in [1.29, 1.82) is 0 Å². The van der Waals surface area contributed by atoms with Crippen molar-refractivity contribution in [3.8, 4) is 0 Å². The van der Waals surface area contributed by atoms with Crippen molar-refractivity contribution < 1.29 is 4.79 Å². The molecule has 7 nitrogen and oxygen atoms in total. The van der Waals surface area contributed by atoms with E-state index in [4.69, 9.17) is 0 Å². The average molecular weight is 346 g/mol. The molecule has 2 N–H and O–H groups in total. The molecule has 1 aromatic heterocycles.